The lowest BCUT2D eigenvalue weighted by Crippen LogP contribution is -2.16. The van der Waals surface area contributed by atoms with E-state index in [-0.39, 0.29) is 11.9 Å². The third-order valence-corrected chi connectivity index (χ3v) is 2.89. The molecule has 18 heavy (non-hydrogen) atoms. The standard InChI is InChI=1S/C15H15O2P/c16-15(17-11-18)14(12-7-3-1-4-8-12)13-9-5-2-6-10-13/h1-10,14H,11,18H2. The minimum absolute atomic E-state index is 0.220. The van der Waals surface area contributed by atoms with Crippen LogP contribution in [0.15, 0.2) is 60.7 Å². The highest BCUT2D eigenvalue weighted by Gasteiger charge is 2.23. The van der Waals surface area contributed by atoms with Gasteiger partial charge in [0.2, 0.25) is 0 Å². The monoisotopic (exact) mass is 258 g/mol. The van der Waals surface area contributed by atoms with Crippen molar-refractivity contribution in [3.8, 4) is 0 Å². The first-order valence-corrected chi connectivity index (χ1v) is 6.61. The molecule has 0 bridgehead atoms. The Balaban J connectivity index is 2.38. The van der Waals surface area contributed by atoms with Gasteiger partial charge in [0.15, 0.2) is 0 Å². The van der Waals surface area contributed by atoms with Gasteiger partial charge in [-0.3, -0.25) is 4.79 Å². The van der Waals surface area contributed by atoms with Gasteiger partial charge >= 0.3 is 5.97 Å². The van der Waals surface area contributed by atoms with Crippen LogP contribution in [0.25, 0.3) is 0 Å². The molecule has 0 saturated heterocycles. The summed E-state index contributed by atoms with van der Waals surface area (Å²) < 4.78 is 5.14. The van der Waals surface area contributed by atoms with Crippen molar-refractivity contribution in [2.45, 2.75) is 5.92 Å². The Kier molecular flexibility index (Phi) is 4.49. The van der Waals surface area contributed by atoms with Gasteiger partial charge in [0.25, 0.3) is 0 Å². The first kappa shape index (κ1) is 12.8. The average Bonchev–Trinajstić information content (AvgIpc) is 2.42. The van der Waals surface area contributed by atoms with Crippen molar-refractivity contribution in [2.75, 3.05) is 6.35 Å². The van der Waals surface area contributed by atoms with E-state index in [0.29, 0.717) is 6.35 Å². The van der Waals surface area contributed by atoms with Crippen LogP contribution < -0.4 is 0 Å². The highest BCUT2D eigenvalue weighted by atomic mass is 31.0. The van der Waals surface area contributed by atoms with E-state index in [4.69, 9.17) is 4.74 Å². The van der Waals surface area contributed by atoms with Gasteiger partial charge in [0, 0.05) is 0 Å². The SMILES string of the molecule is O=C(OCP)C(c1ccccc1)c1ccccc1. The molecule has 2 aromatic rings. The number of carbonyl (C=O) groups is 1. The van der Waals surface area contributed by atoms with E-state index in [1.165, 1.54) is 0 Å². The Morgan fingerprint density at radius 3 is 1.78 bits per heavy atom. The average molecular weight is 258 g/mol. The lowest BCUT2D eigenvalue weighted by atomic mass is 9.91. The maximum Gasteiger partial charge on any atom is 0.318 e. The van der Waals surface area contributed by atoms with E-state index < -0.39 is 0 Å². The molecule has 1 atom stereocenters. The van der Waals surface area contributed by atoms with E-state index in [2.05, 4.69) is 9.24 Å². The zero-order chi connectivity index (χ0) is 12.8. The summed E-state index contributed by atoms with van der Waals surface area (Å²) in [6.45, 7) is 0. The largest absolute Gasteiger partial charge is 0.461 e. The highest BCUT2D eigenvalue weighted by Crippen LogP contribution is 2.25. The molecular formula is C15H15O2P. The molecule has 3 heteroatoms. The number of hydrogen-bond acceptors (Lipinski definition) is 2. The fourth-order valence-corrected chi connectivity index (χ4v) is 2.09. The summed E-state index contributed by atoms with van der Waals surface area (Å²) in [4.78, 5) is 12.1. The maximum atomic E-state index is 12.1. The number of carbonyl (C=O) groups excluding carboxylic acids is 1. The minimum atomic E-state index is -0.354. The first-order chi connectivity index (χ1) is 8.83. The van der Waals surface area contributed by atoms with Gasteiger partial charge in [-0.2, -0.15) is 0 Å². The molecule has 0 aliphatic rings. The lowest BCUT2D eigenvalue weighted by molar-refractivity contribution is -0.142. The Morgan fingerprint density at radius 1 is 0.944 bits per heavy atom. The summed E-state index contributed by atoms with van der Waals surface area (Å²) in [6, 6.07) is 19.4. The number of ether oxygens (including phenoxy) is 1. The van der Waals surface area contributed by atoms with Crippen molar-refractivity contribution < 1.29 is 9.53 Å². The van der Waals surface area contributed by atoms with Gasteiger partial charge in [0.1, 0.15) is 12.3 Å². The molecule has 0 aliphatic heterocycles. The molecule has 0 amide bonds. The van der Waals surface area contributed by atoms with E-state index >= 15 is 0 Å². The molecule has 0 heterocycles. The third-order valence-electron chi connectivity index (χ3n) is 2.73. The van der Waals surface area contributed by atoms with Crippen molar-refractivity contribution in [1.29, 1.82) is 0 Å². The van der Waals surface area contributed by atoms with Gasteiger partial charge in [-0.05, 0) is 11.1 Å². The molecule has 0 saturated carbocycles. The predicted octanol–water partition coefficient (Wildman–Crippen LogP) is 3.19. The van der Waals surface area contributed by atoms with Crippen LogP contribution in [0.1, 0.15) is 17.0 Å². The fraction of sp³-hybridized carbons (Fsp3) is 0.133. The molecule has 0 radical (unpaired) electrons. The molecule has 0 aromatic heterocycles. The van der Waals surface area contributed by atoms with Crippen molar-refractivity contribution in [3.63, 3.8) is 0 Å². The molecular weight excluding hydrogens is 243 g/mol. The molecule has 0 spiro atoms. The van der Waals surface area contributed by atoms with E-state index in [1.54, 1.807) is 0 Å². The van der Waals surface area contributed by atoms with Gasteiger partial charge in [-0.15, -0.1) is 0 Å². The molecule has 2 nitrogen and oxygen atoms in total. The molecule has 2 aromatic carbocycles. The van der Waals surface area contributed by atoms with Crippen molar-refractivity contribution >= 4 is 15.2 Å². The Bertz CT molecular complexity index is 457. The second kappa shape index (κ2) is 6.32. The van der Waals surface area contributed by atoms with Crippen molar-refractivity contribution in [2.24, 2.45) is 0 Å². The lowest BCUT2D eigenvalue weighted by Gasteiger charge is -2.16. The molecule has 0 N–H and O–H groups in total. The van der Waals surface area contributed by atoms with Crippen LogP contribution in [0.4, 0.5) is 0 Å². The Morgan fingerprint density at radius 2 is 1.39 bits per heavy atom. The van der Waals surface area contributed by atoms with Crippen LogP contribution in [0, 0.1) is 0 Å². The topological polar surface area (TPSA) is 26.3 Å². The van der Waals surface area contributed by atoms with Crippen molar-refractivity contribution in [3.05, 3.63) is 71.8 Å². The Labute approximate surface area is 109 Å². The summed E-state index contributed by atoms with van der Waals surface area (Å²) in [5.74, 6) is -0.574. The predicted molar refractivity (Wildman–Crippen MR) is 75.4 cm³/mol. The van der Waals surface area contributed by atoms with Gasteiger partial charge in [0.05, 0.1) is 0 Å². The van der Waals surface area contributed by atoms with Crippen molar-refractivity contribution in [1.82, 2.24) is 0 Å². The second-order valence-electron chi connectivity index (χ2n) is 3.88. The summed E-state index contributed by atoms with van der Waals surface area (Å²) in [5, 5.41) is 0. The maximum absolute atomic E-state index is 12.1. The molecule has 0 aliphatic carbocycles. The number of hydrogen-bond donors (Lipinski definition) is 0. The zero-order valence-electron chi connectivity index (χ0n) is 9.95. The Hall–Kier alpha value is -1.66. The molecule has 92 valence electrons. The summed E-state index contributed by atoms with van der Waals surface area (Å²) in [7, 11) is 2.40. The van der Waals surface area contributed by atoms with Gasteiger partial charge in [-0.1, -0.05) is 69.9 Å². The van der Waals surface area contributed by atoms with E-state index in [1.807, 2.05) is 60.7 Å². The third kappa shape index (κ3) is 2.96. The van der Waals surface area contributed by atoms with Crippen LogP contribution >= 0.6 is 9.24 Å². The quantitative estimate of drug-likeness (QED) is 0.622. The highest BCUT2D eigenvalue weighted by molar-refractivity contribution is 7.16. The van der Waals surface area contributed by atoms with E-state index in [9.17, 15) is 4.79 Å². The smallest absolute Gasteiger partial charge is 0.318 e. The number of esters is 1. The molecule has 2 rings (SSSR count). The number of benzene rings is 2. The van der Waals surface area contributed by atoms with E-state index in [0.717, 1.165) is 11.1 Å². The fourth-order valence-electron chi connectivity index (χ4n) is 1.92. The van der Waals surface area contributed by atoms with Crippen LogP contribution in [0.3, 0.4) is 0 Å². The first-order valence-electron chi connectivity index (χ1n) is 5.79. The van der Waals surface area contributed by atoms with Gasteiger partial charge in [-0.25, -0.2) is 0 Å². The summed E-state index contributed by atoms with van der Waals surface area (Å²) >= 11 is 0. The molecule has 1 unspecified atom stereocenters. The van der Waals surface area contributed by atoms with Crippen LogP contribution in [0.5, 0.6) is 0 Å². The zero-order valence-corrected chi connectivity index (χ0v) is 11.1. The van der Waals surface area contributed by atoms with Gasteiger partial charge < -0.3 is 4.74 Å². The summed E-state index contributed by atoms with van der Waals surface area (Å²) in [5.41, 5.74) is 1.90. The van der Waals surface area contributed by atoms with Crippen LogP contribution in [-0.4, -0.2) is 12.3 Å². The van der Waals surface area contributed by atoms with Crippen LogP contribution in [-0.2, 0) is 9.53 Å². The second-order valence-corrected chi connectivity index (χ2v) is 4.22. The summed E-state index contributed by atoms with van der Waals surface area (Å²) in [6.07, 6.45) is 0.314. The number of rotatable bonds is 4. The molecule has 0 fully saturated rings. The normalized spacial score (nSPS) is 10.3. The minimum Gasteiger partial charge on any atom is -0.461 e. The van der Waals surface area contributed by atoms with Crippen LogP contribution in [0.2, 0.25) is 0 Å².